The van der Waals surface area contributed by atoms with Gasteiger partial charge in [0.15, 0.2) is 0 Å². The summed E-state index contributed by atoms with van der Waals surface area (Å²) in [6, 6.07) is 4.54. The smallest absolute Gasteiger partial charge is 0.220 e. The molecule has 5 heteroatoms. The zero-order valence-corrected chi connectivity index (χ0v) is 14.8. The fourth-order valence-electron chi connectivity index (χ4n) is 3.90. The van der Waals surface area contributed by atoms with Gasteiger partial charge in [-0.05, 0) is 63.6 Å². The van der Waals surface area contributed by atoms with Crippen molar-refractivity contribution < 1.29 is 13.9 Å². The number of nitrogens with zero attached hydrogens (tertiary/aromatic N) is 1. The molecule has 1 N–H and O–H groups in total. The third-order valence-corrected chi connectivity index (χ3v) is 5.29. The summed E-state index contributed by atoms with van der Waals surface area (Å²) in [5.41, 5.74) is 0. The van der Waals surface area contributed by atoms with E-state index in [2.05, 4.69) is 10.2 Å². The molecule has 3 heterocycles. The number of furan rings is 1. The molecule has 0 spiro atoms. The van der Waals surface area contributed by atoms with Gasteiger partial charge in [0.05, 0.1) is 6.54 Å². The van der Waals surface area contributed by atoms with E-state index in [1.54, 1.807) is 0 Å². The van der Waals surface area contributed by atoms with Crippen LogP contribution in [-0.2, 0) is 16.1 Å². The van der Waals surface area contributed by atoms with E-state index in [4.69, 9.17) is 9.15 Å². The molecule has 3 rings (SSSR count). The maximum Gasteiger partial charge on any atom is 0.220 e. The zero-order valence-electron chi connectivity index (χ0n) is 14.8. The maximum absolute atomic E-state index is 12.1. The Hall–Kier alpha value is -1.33. The van der Waals surface area contributed by atoms with Crippen LogP contribution in [0, 0.1) is 12.8 Å². The van der Waals surface area contributed by atoms with Crippen LogP contribution in [0.1, 0.15) is 50.0 Å². The molecular formula is C19H30N2O3. The molecule has 1 amide bonds. The van der Waals surface area contributed by atoms with Crippen LogP contribution in [0.2, 0.25) is 0 Å². The van der Waals surface area contributed by atoms with Crippen molar-refractivity contribution in [3.05, 3.63) is 23.7 Å². The normalized spacial score (nSPS) is 23.3. The zero-order chi connectivity index (χ0) is 16.8. The second-order valence-electron chi connectivity index (χ2n) is 7.17. The number of carbonyl (C=O) groups excluding carboxylic acids is 1. The highest BCUT2D eigenvalue weighted by Crippen LogP contribution is 2.25. The standard InChI is InChI=1S/C19H30N2O3/c1-15-4-6-18(24-15)13-20-19(22)7-5-16-3-2-10-21(14-16)17-8-11-23-12-9-17/h4,6,16-17H,2-3,5,7-14H2,1H3,(H,20,22)/t16-/m0/s1. The molecule has 0 radical (unpaired) electrons. The lowest BCUT2D eigenvalue weighted by Crippen LogP contribution is -2.45. The summed E-state index contributed by atoms with van der Waals surface area (Å²) in [7, 11) is 0. The Morgan fingerprint density at radius 3 is 2.88 bits per heavy atom. The van der Waals surface area contributed by atoms with Crippen molar-refractivity contribution in [1.82, 2.24) is 10.2 Å². The molecule has 2 aliphatic rings. The van der Waals surface area contributed by atoms with Gasteiger partial charge in [-0.25, -0.2) is 0 Å². The molecule has 2 aliphatic heterocycles. The molecule has 134 valence electrons. The number of amides is 1. The van der Waals surface area contributed by atoms with Crippen LogP contribution in [0.3, 0.4) is 0 Å². The topological polar surface area (TPSA) is 54.7 Å². The molecule has 0 saturated carbocycles. The summed E-state index contributed by atoms with van der Waals surface area (Å²) < 4.78 is 11.0. The molecular weight excluding hydrogens is 304 g/mol. The molecule has 0 unspecified atom stereocenters. The van der Waals surface area contributed by atoms with E-state index in [1.165, 1.54) is 19.4 Å². The molecule has 0 bridgehead atoms. The average molecular weight is 334 g/mol. The van der Waals surface area contributed by atoms with E-state index >= 15 is 0 Å². The Bertz CT molecular complexity index is 522. The summed E-state index contributed by atoms with van der Waals surface area (Å²) in [5, 5.41) is 2.96. The van der Waals surface area contributed by atoms with Gasteiger partial charge in [-0.3, -0.25) is 9.69 Å². The van der Waals surface area contributed by atoms with E-state index in [0.717, 1.165) is 50.5 Å². The van der Waals surface area contributed by atoms with Gasteiger partial charge in [0.25, 0.3) is 0 Å². The number of hydrogen-bond donors (Lipinski definition) is 1. The maximum atomic E-state index is 12.1. The van der Waals surface area contributed by atoms with Crippen LogP contribution in [0.15, 0.2) is 16.5 Å². The lowest BCUT2D eigenvalue weighted by molar-refractivity contribution is -0.121. The molecule has 0 aliphatic carbocycles. The summed E-state index contributed by atoms with van der Waals surface area (Å²) >= 11 is 0. The third kappa shape index (κ3) is 5.08. The largest absolute Gasteiger partial charge is 0.465 e. The van der Waals surface area contributed by atoms with Crippen molar-refractivity contribution in [2.24, 2.45) is 5.92 Å². The van der Waals surface area contributed by atoms with Crippen molar-refractivity contribution in [2.45, 2.75) is 58.0 Å². The number of nitrogens with one attached hydrogen (secondary N) is 1. The molecule has 1 atom stereocenters. The Labute approximate surface area is 144 Å². The van der Waals surface area contributed by atoms with Crippen molar-refractivity contribution in [2.75, 3.05) is 26.3 Å². The van der Waals surface area contributed by atoms with Gasteiger partial charge in [0.1, 0.15) is 11.5 Å². The van der Waals surface area contributed by atoms with E-state index in [0.29, 0.717) is 24.9 Å². The second-order valence-corrected chi connectivity index (χ2v) is 7.17. The quantitative estimate of drug-likeness (QED) is 0.869. The van der Waals surface area contributed by atoms with Gasteiger partial charge in [-0.1, -0.05) is 0 Å². The Morgan fingerprint density at radius 1 is 1.29 bits per heavy atom. The van der Waals surface area contributed by atoms with E-state index < -0.39 is 0 Å². The van der Waals surface area contributed by atoms with Gasteiger partial charge >= 0.3 is 0 Å². The van der Waals surface area contributed by atoms with E-state index in [-0.39, 0.29) is 5.91 Å². The van der Waals surface area contributed by atoms with Crippen LogP contribution in [0.25, 0.3) is 0 Å². The molecule has 1 aromatic rings. The van der Waals surface area contributed by atoms with Gasteiger partial charge in [0.2, 0.25) is 5.91 Å². The van der Waals surface area contributed by atoms with Gasteiger partial charge in [0, 0.05) is 32.2 Å². The van der Waals surface area contributed by atoms with Gasteiger partial charge < -0.3 is 14.5 Å². The van der Waals surface area contributed by atoms with Crippen molar-refractivity contribution >= 4 is 5.91 Å². The van der Waals surface area contributed by atoms with Crippen LogP contribution in [-0.4, -0.2) is 43.2 Å². The first-order chi connectivity index (χ1) is 11.7. The minimum Gasteiger partial charge on any atom is -0.465 e. The molecule has 2 fully saturated rings. The van der Waals surface area contributed by atoms with Crippen LogP contribution in [0.4, 0.5) is 0 Å². The number of ether oxygens (including phenoxy) is 1. The fourth-order valence-corrected chi connectivity index (χ4v) is 3.90. The predicted octanol–water partition coefficient (Wildman–Crippen LogP) is 2.88. The van der Waals surface area contributed by atoms with Crippen LogP contribution in [0.5, 0.6) is 0 Å². The highest BCUT2D eigenvalue weighted by Gasteiger charge is 2.27. The predicted molar refractivity (Wildman–Crippen MR) is 92.7 cm³/mol. The Balaban J connectivity index is 1.36. The minimum atomic E-state index is 0.132. The monoisotopic (exact) mass is 334 g/mol. The summed E-state index contributed by atoms with van der Waals surface area (Å²) in [6.45, 7) is 6.58. The van der Waals surface area contributed by atoms with Crippen molar-refractivity contribution in [1.29, 1.82) is 0 Å². The lowest BCUT2D eigenvalue weighted by atomic mass is 9.91. The number of likely N-dealkylation sites (tertiary alicyclic amines) is 1. The van der Waals surface area contributed by atoms with Crippen molar-refractivity contribution in [3.8, 4) is 0 Å². The third-order valence-electron chi connectivity index (χ3n) is 5.29. The molecule has 5 nitrogen and oxygen atoms in total. The minimum absolute atomic E-state index is 0.132. The number of rotatable bonds is 6. The molecule has 24 heavy (non-hydrogen) atoms. The first kappa shape index (κ1) is 17.5. The number of piperidine rings is 1. The first-order valence-corrected chi connectivity index (χ1v) is 9.34. The molecule has 1 aromatic heterocycles. The number of hydrogen-bond acceptors (Lipinski definition) is 4. The average Bonchev–Trinajstić information content (AvgIpc) is 3.04. The lowest BCUT2D eigenvalue weighted by Gasteiger charge is -2.40. The first-order valence-electron chi connectivity index (χ1n) is 9.34. The van der Waals surface area contributed by atoms with Crippen LogP contribution >= 0.6 is 0 Å². The molecule has 0 aromatic carbocycles. The fraction of sp³-hybridized carbons (Fsp3) is 0.737. The Morgan fingerprint density at radius 2 is 2.12 bits per heavy atom. The van der Waals surface area contributed by atoms with E-state index in [9.17, 15) is 4.79 Å². The van der Waals surface area contributed by atoms with Gasteiger partial charge in [-0.15, -0.1) is 0 Å². The second kappa shape index (κ2) is 8.67. The summed E-state index contributed by atoms with van der Waals surface area (Å²) in [4.78, 5) is 14.7. The summed E-state index contributed by atoms with van der Waals surface area (Å²) in [6.07, 6.45) is 6.44. The van der Waals surface area contributed by atoms with Crippen LogP contribution < -0.4 is 5.32 Å². The highest BCUT2D eigenvalue weighted by atomic mass is 16.5. The summed E-state index contributed by atoms with van der Waals surface area (Å²) in [5.74, 6) is 2.49. The molecule has 2 saturated heterocycles. The van der Waals surface area contributed by atoms with E-state index in [1.807, 2.05) is 19.1 Å². The number of carbonyl (C=O) groups is 1. The van der Waals surface area contributed by atoms with Gasteiger partial charge in [-0.2, -0.15) is 0 Å². The number of aryl methyl sites for hydroxylation is 1. The SMILES string of the molecule is Cc1ccc(CNC(=O)CC[C@@H]2CCCN(C3CCOCC3)C2)o1. The Kier molecular flexibility index (Phi) is 6.32. The van der Waals surface area contributed by atoms with Crippen molar-refractivity contribution in [3.63, 3.8) is 0 Å². The highest BCUT2D eigenvalue weighted by molar-refractivity contribution is 5.75.